The van der Waals surface area contributed by atoms with E-state index >= 15 is 0 Å². The molecule has 0 aliphatic carbocycles. The van der Waals surface area contributed by atoms with Gasteiger partial charge in [-0.05, 0) is 24.3 Å². The van der Waals surface area contributed by atoms with Crippen LogP contribution in [0, 0.1) is 0 Å². The molecular weight excluding hydrogens is 350 g/mol. The Kier molecular flexibility index (Phi) is 5.71. The van der Waals surface area contributed by atoms with Gasteiger partial charge in [-0.3, -0.25) is 4.79 Å². The van der Waals surface area contributed by atoms with Crippen molar-refractivity contribution in [1.82, 2.24) is 0 Å². The maximum atomic E-state index is 12.3. The summed E-state index contributed by atoms with van der Waals surface area (Å²) in [6.45, 7) is 1.01. The van der Waals surface area contributed by atoms with Crippen LogP contribution in [0.15, 0.2) is 36.4 Å². The third kappa shape index (κ3) is 4.25. The van der Waals surface area contributed by atoms with Gasteiger partial charge >= 0.3 is 0 Å². The first-order valence-electron chi connectivity index (χ1n) is 8.33. The highest BCUT2D eigenvalue weighted by Gasteiger charge is 2.13. The molecule has 1 aliphatic rings. The highest BCUT2D eigenvalue weighted by atomic mass is 16.6. The minimum Gasteiger partial charge on any atom is -0.496 e. The number of carbonyl (C=O) groups excluding carboxylic acids is 1. The number of fused-ring (bicyclic) bond motifs is 1. The van der Waals surface area contributed by atoms with Crippen LogP contribution in [0.3, 0.4) is 0 Å². The van der Waals surface area contributed by atoms with E-state index in [0.29, 0.717) is 53.2 Å². The Hall–Kier alpha value is -3.35. The van der Waals surface area contributed by atoms with Crippen molar-refractivity contribution in [2.45, 2.75) is 0 Å². The van der Waals surface area contributed by atoms with Crippen LogP contribution < -0.4 is 29.0 Å². The maximum Gasteiger partial charge on any atom is 0.248 e. The molecule has 1 heterocycles. The molecule has 0 atom stereocenters. The van der Waals surface area contributed by atoms with E-state index in [1.54, 1.807) is 57.7 Å². The molecule has 3 rings (SSSR count). The topological polar surface area (TPSA) is 75.3 Å². The van der Waals surface area contributed by atoms with Crippen LogP contribution in [0.5, 0.6) is 28.7 Å². The summed E-state index contributed by atoms with van der Waals surface area (Å²) in [5, 5.41) is 2.79. The minimum atomic E-state index is -0.288. The van der Waals surface area contributed by atoms with Gasteiger partial charge in [-0.2, -0.15) is 0 Å². The molecule has 2 aromatic rings. The lowest BCUT2D eigenvalue weighted by Crippen LogP contribution is -2.16. The van der Waals surface area contributed by atoms with Crippen molar-refractivity contribution in [2.24, 2.45) is 0 Å². The van der Waals surface area contributed by atoms with Crippen molar-refractivity contribution in [2.75, 3.05) is 39.9 Å². The molecule has 0 unspecified atom stereocenters. The minimum absolute atomic E-state index is 0.288. The maximum absolute atomic E-state index is 12.3. The number of carbonyl (C=O) groups is 1. The molecule has 0 spiro atoms. The van der Waals surface area contributed by atoms with Gasteiger partial charge in [0.1, 0.15) is 19.0 Å². The zero-order chi connectivity index (χ0) is 19.2. The predicted octanol–water partition coefficient (Wildman–Crippen LogP) is 3.14. The molecule has 27 heavy (non-hydrogen) atoms. The molecule has 0 radical (unpaired) electrons. The van der Waals surface area contributed by atoms with Crippen LogP contribution in [0.4, 0.5) is 5.69 Å². The molecule has 0 bridgehead atoms. The fourth-order valence-corrected chi connectivity index (χ4v) is 2.65. The van der Waals surface area contributed by atoms with E-state index in [0.717, 1.165) is 0 Å². The van der Waals surface area contributed by atoms with Crippen molar-refractivity contribution in [3.05, 3.63) is 42.0 Å². The first-order valence-corrected chi connectivity index (χ1v) is 8.33. The Balaban J connectivity index is 1.75. The van der Waals surface area contributed by atoms with Crippen LogP contribution in [0.25, 0.3) is 6.08 Å². The van der Waals surface area contributed by atoms with Crippen LogP contribution in [0.2, 0.25) is 0 Å². The molecule has 1 aliphatic heterocycles. The summed E-state index contributed by atoms with van der Waals surface area (Å²) < 4.78 is 26.9. The second-order valence-corrected chi connectivity index (χ2v) is 5.63. The number of hydrogen-bond acceptors (Lipinski definition) is 6. The van der Waals surface area contributed by atoms with Crippen LogP contribution in [0.1, 0.15) is 5.56 Å². The highest BCUT2D eigenvalue weighted by Crippen LogP contribution is 2.35. The second kappa shape index (κ2) is 8.35. The molecule has 0 saturated carbocycles. The van der Waals surface area contributed by atoms with E-state index in [4.69, 9.17) is 23.7 Å². The van der Waals surface area contributed by atoms with Crippen molar-refractivity contribution >= 4 is 17.7 Å². The molecular formula is C20H21NO6. The van der Waals surface area contributed by atoms with Crippen molar-refractivity contribution < 1.29 is 28.5 Å². The van der Waals surface area contributed by atoms with Gasteiger partial charge in [0.15, 0.2) is 23.0 Å². The summed E-state index contributed by atoms with van der Waals surface area (Å²) in [5.41, 5.74) is 1.31. The summed E-state index contributed by atoms with van der Waals surface area (Å²) in [6, 6.07) is 8.71. The largest absolute Gasteiger partial charge is 0.496 e. The Labute approximate surface area is 157 Å². The summed E-state index contributed by atoms with van der Waals surface area (Å²) in [7, 11) is 4.65. The average molecular weight is 371 g/mol. The molecule has 0 aromatic heterocycles. The SMILES string of the molecule is COc1cc(OC)c(OC)cc1/C=C/C(=O)Nc1ccc2c(c1)OCCO2. The number of anilines is 1. The van der Waals surface area contributed by atoms with Crippen molar-refractivity contribution in [3.63, 3.8) is 0 Å². The summed E-state index contributed by atoms with van der Waals surface area (Å²) >= 11 is 0. The summed E-state index contributed by atoms with van der Waals surface area (Å²) in [5.74, 6) is 2.66. The van der Waals surface area contributed by atoms with Gasteiger partial charge in [0, 0.05) is 29.5 Å². The third-order valence-electron chi connectivity index (χ3n) is 3.96. The van der Waals surface area contributed by atoms with E-state index in [9.17, 15) is 4.79 Å². The predicted molar refractivity (Wildman–Crippen MR) is 101 cm³/mol. The number of rotatable bonds is 6. The smallest absolute Gasteiger partial charge is 0.248 e. The van der Waals surface area contributed by atoms with Gasteiger partial charge in [-0.25, -0.2) is 0 Å². The van der Waals surface area contributed by atoms with E-state index in [1.807, 2.05) is 0 Å². The van der Waals surface area contributed by atoms with Crippen LogP contribution in [-0.2, 0) is 4.79 Å². The normalized spacial score (nSPS) is 12.6. The van der Waals surface area contributed by atoms with E-state index in [-0.39, 0.29) is 5.91 Å². The fraction of sp³-hybridized carbons (Fsp3) is 0.250. The van der Waals surface area contributed by atoms with Crippen molar-refractivity contribution in [1.29, 1.82) is 0 Å². The van der Waals surface area contributed by atoms with Gasteiger partial charge in [0.25, 0.3) is 0 Å². The zero-order valence-corrected chi connectivity index (χ0v) is 15.4. The summed E-state index contributed by atoms with van der Waals surface area (Å²) in [6.07, 6.45) is 3.06. The van der Waals surface area contributed by atoms with E-state index in [2.05, 4.69) is 5.32 Å². The lowest BCUT2D eigenvalue weighted by atomic mass is 10.1. The van der Waals surface area contributed by atoms with Crippen molar-refractivity contribution in [3.8, 4) is 28.7 Å². The zero-order valence-electron chi connectivity index (χ0n) is 15.4. The monoisotopic (exact) mass is 371 g/mol. The van der Waals surface area contributed by atoms with Gasteiger partial charge in [-0.15, -0.1) is 0 Å². The Bertz CT molecular complexity index is 862. The van der Waals surface area contributed by atoms with E-state index < -0.39 is 0 Å². The molecule has 2 aromatic carbocycles. The molecule has 7 heteroatoms. The Morgan fingerprint density at radius 2 is 1.59 bits per heavy atom. The van der Waals surface area contributed by atoms with E-state index in [1.165, 1.54) is 6.08 Å². The molecule has 1 N–H and O–H groups in total. The fourth-order valence-electron chi connectivity index (χ4n) is 2.65. The molecule has 142 valence electrons. The standard InChI is InChI=1S/C20H21NO6/c1-23-16-12-18(25-3)17(24-2)10-13(16)4-7-20(22)21-14-5-6-15-19(11-14)27-9-8-26-15/h4-7,10-12H,8-9H2,1-3H3,(H,21,22)/b7-4+. The van der Waals surface area contributed by atoms with Gasteiger partial charge < -0.3 is 29.0 Å². The number of hydrogen-bond donors (Lipinski definition) is 1. The number of ether oxygens (including phenoxy) is 5. The van der Waals surface area contributed by atoms with Crippen LogP contribution in [-0.4, -0.2) is 40.5 Å². The number of methoxy groups -OCH3 is 3. The lowest BCUT2D eigenvalue weighted by molar-refractivity contribution is -0.111. The number of benzene rings is 2. The molecule has 7 nitrogen and oxygen atoms in total. The first-order chi connectivity index (χ1) is 13.1. The van der Waals surface area contributed by atoms with Gasteiger partial charge in [0.2, 0.25) is 5.91 Å². The van der Waals surface area contributed by atoms with Gasteiger partial charge in [-0.1, -0.05) is 0 Å². The van der Waals surface area contributed by atoms with Crippen LogP contribution >= 0.6 is 0 Å². The highest BCUT2D eigenvalue weighted by molar-refractivity contribution is 6.02. The number of amides is 1. The first kappa shape index (κ1) is 18.4. The Morgan fingerprint density at radius 3 is 2.30 bits per heavy atom. The third-order valence-corrected chi connectivity index (χ3v) is 3.96. The lowest BCUT2D eigenvalue weighted by Gasteiger charge is -2.18. The molecule has 1 amide bonds. The second-order valence-electron chi connectivity index (χ2n) is 5.63. The Morgan fingerprint density at radius 1 is 0.926 bits per heavy atom. The van der Waals surface area contributed by atoms with Gasteiger partial charge in [0.05, 0.1) is 21.3 Å². The quantitative estimate of drug-likeness (QED) is 0.787. The number of nitrogens with one attached hydrogen (secondary N) is 1. The molecule has 0 fully saturated rings. The summed E-state index contributed by atoms with van der Waals surface area (Å²) in [4.78, 5) is 12.3. The average Bonchev–Trinajstić information content (AvgIpc) is 2.71. The molecule has 0 saturated heterocycles.